The molecule has 0 fully saturated rings. The number of halogens is 1. The molecule has 0 aliphatic rings. The lowest BCUT2D eigenvalue weighted by Gasteiger charge is -2.15. The zero-order valence-electron chi connectivity index (χ0n) is 11.0. The van der Waals surface area contributed by atoms with Crippen molar-refractivity contribution in [1.82, 2.24) is 9.55 Å². The van der Waals surface area contributed by atoms with Crippen LogP contribution >= 0.6 is 11.6 Å². The van der Waals surface area contributed by atoms with Gasteiger partial charge in [-0.2, -0.15) is 0 Å². The number of hydrogen-bond donors (Lipinski definition) is 1. The summed E-state index contributed by atoms with van der Waals surface area (Å²) in [5.74, 6) is 1.45. The first-order chi connectivity index (χ1) is 9.15. The normalized spacial score (nSPS) is 12.4. The Morgan fingerprint density at radius 2 is 2.26 bits per heavy atom. The van der Waals surface area contributed by atoms with Crippen molar-refractivity contribution >= 4 is 11.6 Å². The topological polar surface area (TPSA) is 47.3 Å². The Hall–Kier alpha value is -1.52. The van der Waals surface area contributed by atoms with Gasteiger partial charge < -0.3 is 14.4 Å². The third-order valence-corrected chi connectivity index (χ3v) is 3.31. The maximum absolute atomic E-state index is 10.3. The highest BCUT2D eigenvalue weighted by Gasteiger charge is 2.16. The molecule has 1 heterocycles. The van der Waals surface area contributed by atoms with E-state index < -0.39 is 6.10 Å². The Morgan fingerprint density at radius 1 is 1.47 bits per heavy atom. The lowest BCUT2D eigenvalue weighted by molar-refractivity contribution is 0.170. The zero-order valence-corrected chi connectivity index (χ0v) is 11.8. The Labute approximate surface area is 117 Å². The summed E-state index contributed by atoms with van der Waals surface area (Å²) in [5, 5.41) is 10.9. The fraction of sp³-hybridized carbons (Fsp3) is 0.357. The average Bonchev–Trinajstić information content (AvgIpc) is 2.85. The molecule has 0 saturated heterocycles. The Kier molecular flexibility index (Phi) is 4.45. The summed E-state index contributed by atoms with van der Waals surface area (Å²) < 4.78 is 7.26. The third kappa shape index (κ3) is 3.08. The van der Waals surface area contributed by atoms with Crippen LogP contribution in [0.4, 0.5) is 0 Å². The molecule has 0 aliphatic heterocycles. The van der Waals surface area contributed by atoms with E-state index in [1.165, 1.54) is 0 Å². The summed E-state index contributed by atoms with van der Waals surface area (Å²) in [5.41, 5.74) is 0.720. The molecular formula is C14H17ClN2O2. The molecule has 1 aromatic carbocycles. The largest absolute Gasteiger partial charge is 0.496 e. The molecule has 2 aromatic rings. The highest BCUT2D eigenvalue weighted by Crippen LogP contribution is 2.29. The van der Waals surface area contributed by atoms with Crippen LogP contribution in [0.2, 0.25) is 5.02 Å². The first kappa shape index (κ1) is 13.9. The summed E-state index contributed by atoms with van der Waals surface area (Å²) in [6, 6.07) is 5.23. The minimum atomic E-state index is -0.667. The van der Waals surface area contributed by atoms with E-state index >= 15 is 0 Å². The molecule has 1 N–H and O–H groups in total. The van der Waals surface area contributed by atoms with E-state index in [0.29, 0.717) is 17.2 Å². The Balaban J connectivity index is 2.22. The van der Waals surface area contributed by atoms with Crippen LogP contribution in [0.25, 0.3) is 0 Å². The monoisotopic (exact) mass is 280 g/mol. The fourth-order valence-electron chi connectivity index (χ4n) is 2.06. The van der Waals surface area contributed by atoms with E-state index in [-0.39, 0.29) is 0 Å². The van der Waals surface area contributed by atoms with Crippen molar-refractivity contribution in [3.63, 3.8) is 0 Å². The Morgan fingerprint density at radius 3 is 2.95 bits per heavy atom. The van der Waals surface area contributed by atoms with E-state index in [1.54, 1.807) is 31.5 Å². The van der Waals surface area contributed by atoms with Crippen LogP contribution in [0.15, 0.2) is 30.6 Å². The second-order valence-corrected chi connectivity index (χ2v) is 4.67. The van der Waals surface area contributed by atoms with E-state index in [4.69, 9.17) is 16.3 Å². The van der Waals surface area contributed by atoms with Crippen molar-refractivity contribution in [3.8, 4) is 5.75 Å². The van der Waals surface area contributed by atoms with Gasteiger partial charge in [0.1, 0.15) is 11.6 Å². The second kappa shape index (κ2) is 6.08. The molecule has 0 saturated carbocycles. The number of nitrogens with zero attached hydrogens (tertiary/aromatic N) is 2. The van der Waals surface area contributed by atoms with E-state index in [0.717, 1.165) is 17.9 Å². The standard InChI is InChI=1S/C14H17ClN2O2/c1-3-17-7-6-16-14(17)9-12(18)11-5-4-10(15)8-13(11)19-2/h4-8,12,18H,3,9H2,1-2H3. The van der Waals surface area contributed by atoms with Gasteiger partial charge in [0.05, 0.1) is 13.2 Å². The van der Waals surface area contributed by atoms with Gasteiger partial charge in [-0.3, -0.25) is 0 Å². The van der Waals surface area contributed by atoms with E-state index in [1.807, 2.05) is 17.7 Å². The van der Waals surface area contributed by atoms with Crippen LogP contribution in [-0.4, -0.2) is 21.8 Å². The first-order valence-corrected chi connectivity index (χ1v) is 6.55. The number of benzene rings is 1. The van der Waals surface area contributed by atoms with Gasteiger partial charge in [0.15, 0.2) is 0 Å². The van der Waals surface area contributed by atoms with Gasteiger partial charge in [0.25, 0.3) is 0 Å². The number of aliphatic hydroxyl groups is 1. The van der Waals surface area contributed by atoms with Gasteiger partial charge >= 0.3 is 0 Å². The predicted octanol–water partition coefficient (Wildman–Crippen LogP) is 2.84. The summed E-state index contributed by atoms with van der Waals surface area (Å²) in [6.07, 6.45) is 3.42. The summed E-state index contributed by atoms with van der Waals surface area (Å²) in [7, 11) is 1.56. The van der Waals surface area contributed by atoms with Crippen molar-refractivity contribution in [2.24, 2.45) is 0 Å². The molecule has 0 bridgehead atoms. The van der Waals surface area contributed by atoms with Gasteiger partial charge in [-0.25, -0.2) is 4.98 Å². The highest BCUT2D eigenvalue weighted by molar-refractivity contribution is 6.30. The van der Waals surface area contributed by atoms with Crippen LogP contribution in [-0.2, 0) is 13.0 Å². The molecule has 0 aliphatic carbocycles. The molecule has 0 spiro atoms. The molecule has 0 amide bonds. The van der Waals surface area contributed by atoms with Crippen molar-refractivity contribution in [1.29, 1.82) is 0 Å². The highest BCUT2D eigenvalue weighted by atomic mass is 35.5. The maximum atomic E-state index is 10.3. The Bertz CT molecular complexity index is 554. The van der Waals surface area contributed by atoms with Crippen LogP contribution in [0, 0.1) is 0 Å². The smallest absolute Gasteiger partial charge is 0.126 e. The van der Waals surface area contributed by atoms with E-state index in [2.05, 4.69) is 4.98 Å². The molecular weight excluding hydrogens is 264 g/mol. The number of rotatable bonds is 5. The molecule has 5 heteroatoms. The van der Waals surface area contributed by atoms with Crippen LogP contribution < -0.4 is 4.74 Å². The zero-order chi connectivity index (χ0) is 13.8. The summed E-state index contributed by atoms with van der Waals surface area (Å²) in [6.45, 7) is 2.88. The fourth-order valence-corrected chi connectivity index (χ4v) is 2.22. The maximum Gasteiger partial charge on any atom is 0.126 e. The lowest BCUT2D eigenvalue weighted by Crippen LogP contribution is -2.09. The average molecular weight is 281 g/mol. The molecule has 19 heavy (non-hydrogen) atoms. The lowest BCUT2D eigenvalue weighted by atomic mass is 10.1. The van der Waals surface area contributed by atoms with E-state index in [9.17, 15) is 5.11 Å². The van der Waals surface area contributed by atoms with Crippen LogP contribution in [0.3, 0.4) is 0 Å². The quantitative estimate of drug-likeness (QED) is 0.916. The number of aliphatic hydroxyl groups excluding tert-OH is 1. The van der Waals surface area contributed by atoms with Gasteiger partial charge in [0, 0.05) is 35.9 Å². The van der Waals surface area contributed by atoms with Gasteiger partial charge in [-0.05, 0) is 19.1 Å². The SMILES string of the molecule is CCn1ccnc1CC(O)c1ccc(Cl)cc1OC. The predicted molar refractivity (Wildman–Crippen MR) is 74.6 cm³/mol. The second-order valence-electron chi connectivity index (χ2n) is 4.24. The molecule has 102 valence electrons. The minimum absolute atomic E-state index is 0.443. The number of hydrogen-bond acceptors (Lipinski definition) is 3. The van der Waals surface area contributed by atoms with Crippen molar-refractivity contribution < 1.29 is 9.84 Å². The molecule has 1 aromatic heterocycles. The molecule has 2 rings (SSSR count). The van der Waals surface area contributed by atoms with Crippen molar-refractivity contribution in [2.75, 3.05) is 7.11 Å². The first-order valence-electron chi connectivity index (χ1n) is 6.17. The molecule has 1 unspecified atom stereocenters. The summed E-state index contributed by atoms with van der Waals surface area (Å²) in [4.78, 5) is 4.26. The number of ether oxygens (including phenoxy) is 1. The molecule has 4 nitrogen and oxygen atoms in total. The van der Waals surface area contributed by atoms with Crippen molar-refractivity contribution in [2.45, 2.75) is 26.0 Å². The van der Waals surface area contributed by atoms with Crippen LogP contribution in [0.5, 0.6) is 5.75 Å². The van der Waals surface area contributed by atoms with Crippen LogP contribution in [0.1, 0.15) is 24.4 Å². The minimum Gasteiger partial charge on any atom is -0.496 e. The molecule has 1 atom stereocenters. The summed E-state index contributed by atoms with van der Waals surface area (Å²) >= 11 is 5.91. The number of aryl methyl sites for hydroxylation is 1. The molecule has 0 radical (unpaired) electrons. The number of aromatic nitrogens is 2. The number of methoxy groups -OCH3 is 1. The van der Waals surface area contributed by atoms with Gasteiger partial charge in [0.2, 0.25) is 0 Å². The van der Waals surface area contributed by atoms with Gasteiger partial charge in [-0.1, -0.05) is 17.7 Å². The van der Waals surface area contributed by atoms with Crippen molar-refractivity contribution in [3.05, 3.63) is 47.0 Å². The third-order valence-electron chi connectivity index (χ3n) is 3.07. The van der Waals surface area contributed by atoms with Gasteiger partial charge in [-0.15, -0.1) is 0 Å². The number of imidazole rings is 1.